The molecular weight excluding hydrogens is 1060 g/mol. The molecule has 2 atom stereocenters. The standard InChI is InChI=1S/C14H29NO3.C13H27NO4.2C11H23N.2C10H21NO/c1-13(2)7-12(8-14(3,4)15(13)5)18-10-11(16)9-17-6;1-12(2)6-11(7-13(3,4)14(12)16)18-9-10(15)8-17-5;2*1-9-7-10(2,3)12(6)11(4,5)8-9;2*1-8-6-9(2,3)11(12)10(4,5)7-8/h11-12,16H,7-10H2,1-6H3;10-11,15-16H,6-9H2,1-5H3;2*9H,7-8H2,1-6H3;2*8,12H,6-7H2,1-5H3/p+3. The normalized spacial score (nSPS) is 32.5. The van der Waals surface area contributed by atoms with Crippen molar-refractivity contribution in [3.05, 3.63) is 0 Å². The van der Waals surface area contributed by atoms with Crippen LogP contribution in [0.1, 0.15) is 271 Å². The van der Waals surface area contributed by atoms with Crippen molar-refractivity contribution in [1.82, 2.24) is 14.7 Å². The predicted octanol–water partition coefficient (Wildman–Crippen LogP) is 9.97. The Morgan fingerprint density at radius 3 is 0.714 bits per heavy atom. The first kappa shape index (κ1) is 81.4. The van der Waals surface area contributed by atoms with Crippen LogP contribution < -0.4 is 15.2 Å². The molecule has 2 unspecified atom stereocenters. The fourth-order valence-electron chi connectivity index (χ4n) is 17.4. The number of nitrogens with one attached hydrogen (secondary N) is 3. The first-order valence-electron chi connectivity index (χ1n) is 32.9. The number of hydrogen-bond acceptors (Lipinski definition) is 12. The van der Waals surface area contributed by atoms with E-state index in [9.17, 15) is 25.8 Å². The van der Waals surface area contributed by atoms with Crippen LogP contribution in [0.15, 0.2) is 0 Å². The van der Waals surface area contributed by atoms with Crippen LogP contribution in [0.25, 0.3) is 0 Å². The molecule has 0 aromatic heterocycles. The van der Waals surface area contributed by atoms with Crippen molar-refractivity contribution in [3.63, 3.8) is 0 Å². The van der Waals surface area contributed by atoms with Crippen molar-refractivity contribution >= 4 is 0 Å². The van der Waals surface area contributed by atoms with Crippen LogP contribution in [0.5, 0.6) is 0 Å². The monoisotopic (exact) mass is 1200 g/mol. The van der Waals surface area contributed by atoms with Gasteiger partial charge in [-0.1, -0.05) is 27.7 Å². The van der Waals surface area contributed by atoms with Gasteiger partial charge in [-0.15, -0.1) is 0 Å². The Kier molecular flexibility index (Phi) is 29.7. The van der Waals surface area contributed by atoms with Crippen molar-refractivity contribution < 1.29 is 60.0 Å². The summed E-state index contributed by atoms with van der Waals surface area (Å²) in [7, 11) is 9.84. The van der Waals surface area contributed by atoms with E-state index in [4.69, 9.17) is 18.9 Å². The first-order chi connectivity index (χ1) is 37.4. The van der Waals surface area contributed by atoms with E-state index in [-0.39, 0.29) is 69.7 Å². The molecule has 0 aromatic carbocycles. The lowest BCUT2D eigenvalue weighted by atomic mass is 9.75. The highest BCUT2D eigenvalue weighted by molar-refractivity contribution is 5.00. The Bertz CT molecular complexity index is 1600. The Morgan fingerprint density at radius 2 is 0.500 bits per heavy atom. The van der Waals surface area contributed by atoms with E-state index in [0.717, 1.165) is 75.0 Å². The zero-order valence-corrected chi connectivity index (χ0v) is 61.6. The number of aliphatic hydroxyl groups excluding tert-OH is 2. The van der Waals surface area contributed by atoms with Crippen LogP contribution >= 0.6 is 0 Å². The molecule has 6 fully saturated rings. The van der Waals surface area contributed by atoms with Gasteiger partial charge in [-0.3, -0.25) is 14.7 Å². The van der Waals surface area contributed by atoms with E-state index in [2.05, 4.69) is 202 Å². The third-order valence-electron chi connectivity index (χ3n) is 20.8. The number of likely N-dealkylation sites (tertiary alicyclic amines) is 3. The number of rotatable bonds is 10. The van der Waals surface area contributed by atoms with Crippen LogP contribution in [0, 0.1) is 23.7 Å². The van der Waals surface area contributed by atoms with Gasteiger partial charge < -0.3 is 29.2 Å². The lowest BCUT2D eigenvalue weighted by molar-refractivity contribution is -1.16. The summed E-state index contributed by atoms with van der Waals surface area (Å²) in [6.07, 6.45) is 12.5. The minimum Gasteiger partial charge on any atom is -0.388 e. The fraction of sp³-hybridized carbons (Fsp3) is 1.00. The van der Waals surface area contributed by atoms with Crippen molar-refractivity contribution in [3.8, 4) is 0 Å². The molecule has 84 heavy (non-hydrogen) atoms. The number of ether oxygens (including phenoxy) is 4. The maximum atomic E-state index is 10.2. The van der Waals surface area contributed by atoms with E-state index in [1.165, 1.54) is 25.7 Å². The Morgan fingerprint density at radius 1 is 0.321 bits per heavy atom. The molecule has 0 spiro atoms. The van der Waals surface area contributed by atoms with E-state index in [1.807, 2.05) is 27.7 Å². The maximum absolute atomic E-state index is 10.2. The summed E-state index contributed by atoms with van der Waals surface area (Å²) in [5.74, 6) is 3.19. The summed E-state index contributed by atoms with van der Waals surface area (Å²) >= 11 is 0. The lowest BCUT2D eigenvalue weighted by Crippen LogP contribution is -3.25. The Balaban J connectivity index is 0.000000509. The summed E-state index contributed by atoms with van der Waals surface area (Å²) in [5.41, 5.74) is 1.34. The minimum absolute atomic E-state index is 0.0150. The summed E-state index contributed by atoms with van der Waals surface area (Å²) in [4.78, 5) is 7.48. The molecule has 6 aliphatic rings. The second kappa shape index (κ2) is 30.7. The van der Waals surface area contributed by atoms with E-state index < -0.39 is 12.2 Å². The molecule has 15 nitrogen and oxygen atoms in total. The van der Waals surface area contributed by atoms with Gasteiger partial charge >= 0.3 is 0 Å². The third kappa shape index (κ3) is 24.2. The van der Waals surface area contributed by atoms with E-state index in [1.54, 1.807) is 14.2 Å². The molecule has 6 rings (SSSR count). The summed E-state index contributed by atoms with van der Waals surface area (Å²) in [6.45, 7) is 63.6. The molecule has 15 heteroatoms. The second-order valence-electron chi connectivity index (χ2n) is 35.9. The topological polar surface area (TPSA) is 161 Å². The zero-order valence-electron chi connectivity index (χ0n) is 61.6. The fourth-order valence-corrected chi connectivity index (χ4v) is 17.4. The quantitative estimate of drug-likeness (QED) is 0.105. The highest BCUT2D eigenvalue weighted by Gasteiger charge is 2.52. The molecule has 6 heterocycles. The van der Waals surface area contributed by atoms with Gasteiger partial charge in [0, 0.05) is 86.0 Å². The van der Waals surface area contributed by atoms with Crippen LogP contribution in [-0.4, -0.2) is 193 Å². The third-order valence-corrected chi connectivity index (χ3v) is 20.8. The number of hydroxylamine groups is 6. The average Bonchev–Trinajstić information content (AvgIpc) is 3.28. The Hall–Kier alpha value is -0.600. The summed E-state index contributed by atoms with van der Waals surface area (Å²) in [6, 6.07) is 0. The van der Waals surface area contributed by atoms with Crippen LogP contribution in [0.4, 0.5) is 0 Å². The van der Waals surface area contributed by atoms with E-state index >= 15 is 0 Å². The van der Waals surface area contributed by atoms with Gasteiger partial charge in [0.25, 0.3) is 0 Å². The summed E-state index contributed by atoms with van der Waals surface area (Å²) in [5, 5.41) is 51.4. The molecular formula is C69H147N6O9+3. The molecule has 504 valence electrons. The first-order valence-corrected chi connectivity index (χ1v) is 32.9. The highest BCUT2D eigenvalue weighted by Crippen LogP contribution is 2.42. The van der Waals surface area contributed by atoms with Gasteiger partial charge in [0.15, 0.2) is 0 Å². The van der Waals surface area contributed by atoms with Crippen LogP contribution in [-0.2, 0) is 18.9 Å². The Labute approximate surface area is 519 Å². The van der Waals surface area contributed by atoms with Gasteiger partial charge in [-0.2, -0.15) is 15.2 Å². The highest BCUT2D eigenvalue weighted by atomic mass is 16.5. The smallest absolute Gasteiger partial charge is 0.124 e. The van der Waals surface area contributed by atoms with Gasteiger partial charge in [0.05, 0.1) is 38.6 Å². The molecule has 0 saturated carbocycles. The van der Waals surface area contributed by atoms with Crippen molar-refractivity contribution in [2.45, 2.75) is 362 Å². The van der Waals surface area contributed by atoms with Crippen LogP contribution in [0.3, 0.4) is 0 Å². The average molecular weight is 1200 g/mol. The molecule has 6 aliphatic heterocycles. The largest absolute Gasteiger partial charge is 0.388 e. The number of quaternary nitrogens is 3. The van der Waals surface area contributed by atoms with Gasteiger partial charge in [-0.25, -0.2) is 15.6 Å². The van der Waals surface area contributed by atoms with Crippen molar-refractivity contribution in [2.75, 3.05) is 61.8 Å². The number of methoxy groups -OCH3 is 2. The summed E-state index contributed by atoms with van der Waals surface area (Å²) < 4.78 is 21.4. The molecule has 6 saturated heterocycles. The van der Waals surface area contributed by atoms with Gasteiger partial charge in [0.1, 0.15) is 45.4 Å². The molecule has 0 amide bonds. The SMILES string of the molecule is CC1CC(C)(C)N(C)C(C)(C)C1.CC1CC(C)(C)N(C)C(C)(C)C1.CC1CC(C)(C)[NH+](O)C(C)(C)C1.CC1CC(C)(C)[NH+](O)C(C)(C)C1.COCC(O)COC1CC(C)(C)N(C)C(C)(C)C1.COCC(O)COC1CC(C)(C)[NH+](O)C(C)(C)C1. The minimum atomic E-state index is -0.583. The molecule has 0 aliphatic carbocycles. The van der Waals surface area contributed by atoms with Crippen LogP contribution in [0.2, 0.25) is 0 Å². The van der Waals surface area contributed by atoms with Crippen molar-refractivity contribution in [1.29, 1.82) is 0 Å². The molecule has 0 radical (unpaired) electrons. The lowest BCUT2D eigenvalue weighted by Gasteiger charge is -2.53. The molecule has 0 aromatic rings. The number of piperidine rings is 6. The van der Waals surface area contributed by atoms with Gasteiger partial charge in [-0.05, 0) is 250 Å². The maximum Gasteiger partial charge on any atom is 0.124 e. The number of aliphatic hydroxyl groups is 2. The van der Waals surface area contributed by atoms with E-state index in [0.29, 0.717) is 50.6 Å². The van der Waals surface area contributed by atoms with Gasteiger partial charge in [0.2, 0.25) is 0 Å². The zero-order chi connectivity index (χ0) is 66.2. The number of nitrogens with zero attached hydrogens (tertiary/aromatic N) is 3. The molecule has 8 N–H and O–H groups in total. The van der Waals surface area contributed by atoms with Crippen molar-refractivity contribution in [2.24, 2.45) is 23.7 Å². The predicted molar refractivity (Wildman–Crippen MR) is 348 cm³/mol. The second-order valence-corrected chi connectivity index (χ2v) is 35.9. The number of hydrogen-bond donors (Lipinski definition) is 8. The molecule has 0 bridgehead atoms.